The van der Waals surface area contributed by atoms with Crippen molar-refractivity contribution in [3.63, 3.8) is 0 Å². The van der Waals surface area contributed by atoms with E-state index in [-0.39, 0.29) is 5.82 Å². The van der Waals surface area contributed by atoms with Crippen LogP contribution in [0.5, 0.6) is 0 Å². The molecule has 1 nitrogen and oxygen atoms in total. The summed E-state index contributed by atoms with van der Waals surface area (Å²) in [5.41, 5.74) is 4.62. The van der Waals surface area contributed by atoms with E-state index in [1.807, 2.05) is 6.07 Å². The zero-order valence-corrected chi connectivity index (χ0v) is 12.9. The van der Waals surface area contributed by atoms with Crippen LogP contribution in [0.1, 0.15) is 36.9 Å². The number of hydrogen-bond acceptors (Lipinski definition) is 1. The van der Waals surface area contributed by atoms with E-state index in [0.29, 0.717) is 11.1 Å². The quantitative estimate of drug-likeness (QED) is 0.825. The topological polar surface area (TPSA) is 12.0 Å². The fourth-order valence-electron chi connectivity index (χ4n) is 3.05. The van der Waals surface area contributed by atoms with Gasteiger partial charge in [-0.2, -0.15) is 0 Å². The monoisotopic (exact) mass is 303 g/mol. The van der Waals surface area contributed by atoms with E-state index in [1.165, 1.54) is 23.3 Å². The van der Waals surface area contributed by atoms with E-state index in [4.69, 9.17) is 11.6 Å². The maximum atomic E-state index is 13.5. The maximum absolute atomic E-state index is 13.5. The first kappa shape index (κ1) is 14.6. The highest BCUT2D eigenvalue weighted by molar-refractivity contribution is 6.30. The number of halogens is 2. The van der Waals surface area contributed by atoms with Gasteiger partial charge in [-0.25, -0.2) is 4.39 Å². The Morgan fingerprint density at radius 1 is 1.19 bits per heavy atom. The number of fused-ring (bicyclic) bond motifs is 1. The first-order valence-corrected chi connectivity index (χ1v) is 7.88. The Morgan fingerprint density at radius 3 is 2.81 bits per heavy atom. The zero-order valence-electron chi connectivity index (χ0n) is 12.1. The second-order valence-corrected chi connectivity index (χ2v) is 6.05. The molecule has 0 aliphatic heterocycles. The minimum atomic E-state index is -0.291. The summed E-state index contributed by atoms with van der Waals surface area (Å²) in [7, 11) is 0. The van der Waals surface area contributed by atoms with Crippen molar-refractivity contribution in [2.75, 3.05) is 6.54 Å². The smallest absolute Gasteiger partial charge is 0.125 e. The zero-order chi connectivity index (χ0) is 14.8. The fourth-order valence-corrected chi connectivity index (χ4v) is 3.27. The average Bonchev–Trinajstić information content (AvgIpc) is 2.86. The van der Waals surface area contributed by atoms with Gasteiger partial charge in [0.25, 0.3) is 0 Å². The van der Waals surface area contributed by atoms with Crippen LogP contribution in [0.3, 0.4) is 0 Å². The number of hydrogen-bond donors (Lipinski definition) is 1. The van der Waals surface area contributed by atoms with Gasteiger partial charge in [0.1, 0.15) is 5.82 Å². The third-order valence-corrected chi connectivity index (χ3v) is 4.28. The van der Waals surface area contributed by atoms with Gasteiger partial charge in [0, 0.05) is 11.1 Å². The third-order valence-electron chi connectivity index (χ3n) is 4.06. The molecule has 0 fully saturated rings. The van der Waals surface area contributed by atoms with Gasteiger partial charge < -0.3 is 5.32 Å². The highest BCUT2D eigenvalue weighted by Crippen LogP contribution is 2.34. The Kier molecular flexibility index (Phi) is 4.27. The van der Waals surface area contributed by atoms with Crippen molar-refractivity contribution in [1.29, 1.82) is 0 Å². The van der Waals surface area contributed by atoms with Gasteiger partial charge in [-0.1, -0.05) is 36.7 Å². The van der Waals surface area contributed by atoms with Gasteiger partial charge in [-0.3, -0.25) is 0 Å². The van der Waals surface area contributed by atoms with Crippen molar-refractivity contribution in [2.24, 2.45) is 0 Å². The van der Waals surface area contributed by atoms with Crippen LogP contribution in [0.2, 0.25) is 5.02 Å². The molecule has 110 valence electrons. The van der Waals surface area contributed by atoms with Crippen LogP contribution in [0, 0.1) is 5.82 Å². The lowest BCUT2D eigenvalue weighted by molar-refractivity contribution is 0.529. The molecule has 2 aromatic rings. The number of nitrogens with one attached hydrogen (secondary N) is 1. The maximum Gasteiger partial charge on any atom is 0.125 e. The second kappa shape index (κ2) is 6.17. The SMILES string of the molecule is CCCNC1CCc2cc(-c3cc(F)cc(Cl)c3)ccc21. The molecule has 0 amide bonds. The summed E-state index contributed by atoms with van der Waals surface area (Å²) in [4.78, 5) is 0. The van der Waals surface area contributed by atoms with Crippen molar-refractivity contribution in [3.05, 3.63) is 58.4 Å². The largest absolute Gasteiger partial charge is 0.310 e. The lowest BCUT2D eigenvalue weighted by Crippen LogP contribution is -2.19. The van der Waals surface area contributed by atoms with Gasteiger partial charge in [0.05, 0.1) is 0 Å². The average molecular weight is 304 g/mol. The fraction of sp³-hybridized carbons (Fsp3) is 0.333. The summed E-state index contributed by atoms with van der Waals surface area (Å²) < 4.78 is 13.5. The molecule has 0 bridgehead atoms. The molecule has 1 aliphatic carbocycles. The number of rotatable bonds is 4. The minimum absolute atomic E-state index is 0.291. The van der Waals surface area contributed by atoms with Gasteiger partial charge >= 0.3 is 0 Å². The predicted octanol–water partition coefficient (Wildman–Crippen LogP) is 5.13. The van der Waals surface area contributed by atoms with Crippen LogP contribution < -0.4 is 5.32 Å². The molecule has 0 saturated carbocycles. The standard InChI is InChI=1S/C18H19ClFN/c1-2-7-21-18-6-4-13-8-12(3-5-17(13)18)14-9-15(19)11-16(20)10-14/h3,5,8-11,18,21H,2,4,6-7H2,1H3. The molecule has 1 aliphatic rings. The Labute approximate surface area is 130 Å². The van der Waals surface area contributed by atoms with Gasteiger partial charge in [-0.05, 0) is 66.3 Å². The molecule has 0 saturated heterocycles. The summed E-state index contributed by atoms with van der Waals surface area (Å²) in [6.07, 6.45) is 3.36. The molecular weight excluding hydrogens is 285 g/mol. The van der Waals surface area contributed by atoms with Crippen LogP contribution in [0.25, 0.3) is 11.1 Å². The molecular formula is C18H19ClFN. The lowest BCUT2D eigenvalue weighted by Gasteiger charge is -2.14. The Morgan fingerprint density at radius 2 is 2.05 bits per heavy atom. The van der Waals surface area contributed by atoms with Crippen LogP contribution in [0.15, 0.2) is 36.4 Å². The predicted molar refractivity (Wildman–Crippen MR) is 86.2 cm³/mol. The van der Waals surface area contributed by atoms with Gasteiger partial charge in [0.15, 0.2) is 0 Å². The lowest BCUT2D eigenvalue weighted by atomic mass is 9.99. The molecule has 0 spiro atoms. The van der Waals surface area contributed by atoms with Crippen LogP contribution >= 0.6 is 11.6 Å². The minimum Gasteiger partial charge on any atom is -0.310 e. The van der Waals surface area contributed by atoms with Gasteiger partial charge in [-0.15, -0.1) is 0 Å². The van der Waals surface area contributed by atoms with Crippen LogP contribution in [0.4, 0.5) is 4.39 Å². The van der Waals surface area contributed by atoms with Crippen molar-refractivity contribution in [3.8, 4) is 11.1 Å². The Balaban J connectivity index is 1.90. The van der Waals surface area contributed by atoms with E-state index in [2.05, 4.69) is 30.4 Å². The van der Waals surface area contributed by atoms with Crippen LogP contribution in [-0.4, -0.2) is 6.54 Å². The molecule has 0 aromatic heterocycles. The van der Waals surface area contributed by atoms with E-state index in [0.717, 1.165) is 36.9 Å². The van der Waals surface area contributed by atoms with Crippen molar-refractivity contribution >= 4 is 11.6 Å². The molecule has 1 N–H and O–H groups in total. The van der Waals surface area contributed by atoms with E-state index < -0.39 is 0 Å². The van der Waals surface area contributed by atoms with Gasteiger partial charge in [0.2, 0.25) is 0 Å². The molecule has 0 heterocycles. The summed E-state index contributed by atoms with van der Waals surface area (Å²) >= 11 is 5.95. The molecule has 1 atom stereocenters. The molecule has 0 radical (unpaired) electrons. The summed E-state index contributed by atoms with van der Waals surface area (Å²) in [5, 5.41) is 4.02. The van der Waals surface area contributed by atoms with Crippen molar-refractivity contribution in [2.45, 2.75) is 32.2 Å². The van der Waals surface area contributed by atoms with Crippen molar-refractivity contribution < 1.29 is 4.39 Å². The highest BCUT2D eigenvalue weighted by atomic mass is 35.5. The normalized spacial score (nSPS) is 17.0. The molecule has 1 unspecified atom stereocenters. The van der Waals surface area contributed by atoms with Crippen molar-refractivity contribution in [1.82, 2.24) is 5.32 Å². The summed E-state index contributed by atoms with van der Waals surface area (Å²) in [5.74, 6) is -0.291. The van der Waals surface area contributed by atoms with E-state index in [1.54, 1.807) is 0 Å². The van der Waals surface area contributed by atoms with E-state index >= 15 is 0 Å². The number of benzene rings is 2. The molecule has 2 aromatic carbocycles. The summed E-state index contributed by atoms with van der Waals surface area (Å²) in [6, 6.07) is 11.6. The number of aryl methyl sites for hydroxylation is 1. The Bertz CT molecular complexity index is 633. The first-order valence-electron chi connectivity index (χ1n) is 7.50. The highest BCUT2D eigenvalue weighted by Gasteiger charge is 2.22. The molecule has 3 heteroatoms. The first-order chi connectivity index (χ1) is 10.2. The molecule has 21 heavy (non-hydrogen) atoms. The molecule has 3 rings (SSSR count). The third kappa shape index (κ3) is 3.12. The Hall–Kier alpha value is -1.38. The second-order valence-electron chi connectivity index (χ2n) is 5.62. The van der Waals surface area contributed by atoms with E-state index in [9.17, 15) is 4.39 Å². The van der Waals surface area contributed by atoms with Crippen LogP contribution in [-0.2, 0) is 6.42 Å². The summed E-state index contributed by atoms with van der Waals surface area (Å²) in [6.45, 7) is 3.23.